The smallest absolute Gasteiger partial charge is 0.264 e. The average Bonchev–Trinajstić information content (AvgIpc) is 3.26. The van der Waals surface area contributed by atoms with E-state index in [4.69, 9.17) is 16.3 Å². The number of amides is 1. The number of hydrogen-bond acceptors (Lipinski definition) is 4. The van der Waals surface area contributed by atoms with Crippen LogP contribution in [-0.2, 0) is 14.8 Å². The molecule has 8 heteroatoms. The molecule has 0 unspecified atom stereocenters. The number of benzene rings is 2. The highest BCUT2D eigenvalue weighted by Gasteiger charge is 2.32. The second-order valence-corrected chi connectivity index (χ2v) is 9.88. The number of methoxy groups -OCH3 is 1. The van der Waals surface area contributed by atoms with Gasteiger partial charge in [0.2, 0.25) is 5.91 Å². The largest absolute Gasteiger partial charge is 0.495 e. The summed E-state index contributed by atoms with van der Waals surface area (Å²) in [5.41, 5.74) is 1.18. The van der Waals surface area contributed by atoms with Gasteiger partial charge in [0.1, 0.15) is 12.3 Å². The van der Waals surface area contributed by atoms with Crippen molar-refractivity contribution >= 4 is 33.2 Å². The highest BCUT2D eigenvalue weighted by molar-refractivity contribution is 7.92. The molecule has 6 nitrogen and oxygen atoms in total. The quantitative estimate of drug-likeness (QED) is 0.632. The Morgan fingerprint density at radius 1 is 1.13 bits per heavy atom. The summed E-state index contributed by atoms with van der Waals surface area (Å²) in [6.45, 7) is 1.55. The van der Waals surface area contributed by atoms with Gasteiger partial charge in [0.05, 0.1) is 17.7 Å². The number of nitrogens with zero attached hydrogens (tertiary/aromatic N) is 2. The van der Waals surface area contributed by atoms with Gasteiger partial charge in [-0.15, -0.1) is 0 Å². The third-order valence-corrected chi connectivity index (χ3v) is 7.57. The van der Waals surface area contributed by atoms with Gasteiger partial charge in [-0.3, -0.25) is 9.10 Å². The van der Waals surface area contributed by atoms with Crippen molar-refractivity contribution in [1.29, 1.82) is 0 Å². The molecule has 0 aromatic heterocycles. The van der Waals surface area contributed by atoms with Crippen LogP contribution in [0.25, 0.3) is 0 Å². The van der Waals surface area contributed by atoms with Crippen LogP contribution in [0.4, 0.5) is 5.69 Å². The minimum Gasteiger partial charge on any atom is -0.495 e. The predicted octanol–water partition coefficient (Wildman–Crippen LogP) is 4.25. The summed E-state index contributed by atoms with van der Waals surface area (Å²) in [6, 6.07) is 11.4. The normalized spacial score (nSPS) is 14.5. The molecule has 0 radical (unpaired) electrons. The lowest BCUT2D eigenvalue weighted by Gasteiger charge is -2.30. The molecular formula is C22H27ClN2O4S. The summed E-state index contributed by atoms with van der Waals surface area (Å²) in [5.74, 6) is 0.0611. The number of rotatable bonds is 7. The number of hydrogen-bond donors (Lipinski definition) is 0. The Balaban J connectivity index is 2.03. The van der Waals surface area contributed by atoms with E-state index >= 15 is 0 Å². The van der Waals surface area contributed by atoms with Crippen LogP contribution in [0.15, 0.2) is 47.4 Å². The number of likely N-dealkylation sites (N-methyl/N-ethyl adjacent to an activating group) is 1. The maximum Gasteiger partial charge on any atom is 0.264 e. The molecule has 30 heavy (non-hydrogen) atoms. The Kier molecular flexibility index (Phi) is 6.93. The maximum atomic E-state index is 13.6. The molecule has 2 aromatic carbocycles. The summed E-state index contributed by atoms with van der Waals surface area (Å²) in [5, 5.41) is 0.353. The monoisotopic (exact) mass is 450 g/mol. The molecule has 1 amide bonds. The molecule has 0 bridgehead atoms. The van der Waals surface area contributed by atoms with E-state index in [1.807, 2.05) is 6.92 Å². The average molecular weight is 451 g/mol. The molecule has 0 saturated heterocycles. The summed E-state index contributed by atoms with van der Waals surface area (Å²) in [6.07, 6.45) is 4.03. The first-order valence-electron chi connectivity index (χ1n) is 9.92. The van der Waals surface area contributed by atoms with Crippen LogP contribution in [0.5, 0.6) is 5.75 Å². The van der Waals surface area contributed by atoms with Gasteiger partial charge in [0.15, 0.2) is 0 Å². The van der Waals surface area contributed by atoms with Gasteiger partial charge in [-0.2, -0.15) is 0 Å². The second kappa shape index (κ2) is 9.27. The Hall–Kier alpha value is -2.25. The number of sulfonamides is 1. The van der Waals surface area contributed by atoms with Crippen molar-refractivity contribution in [3.63, 3.8) is 0 Å². The Bertz CT molecular complexity index is 1000. The third kappa shape index (κ3) is 4.73. The SMILES string of the molecule is COc1ccc(Cl)cc1N(CC(=O)N(C)C1CCCC1)S(=O)(=O)c1ccc(C)cc1. The van der Waals surface area contributed by atoms with Crippen molar-refractivity contribution in [2.45, 2.75) is 43.5 Å². The zero-order valence-electron chi connectivity index (χ0n) is 17.5. The maximum absolute atomic E-state index is 13.6. The highest BCUT2D eigenvalue weighted by atomic mass is 35.5. The van der Waals surface area contributed by atoms with Gasteiger partial charge in [-0.1, -0.05) is 42.1 Å². The molecule has 0 heterocycles. The number of carbonyl (C=O) groups is 1. The first-order chi connectivity index (χ1) is 14.2. The minimum atomic E-state index is -4.03. The first kappa shape index (κ1) is 22.4. The lowest BCUT2D eigenvalue weighted by atomic mass is 10.2. The van der Waals surface area contributed by atoms with Crippen LogP contribution in [-0.4, -0.2) is 46.0 Å². The highest BCUT2D eigenvalue weighted by Crippen LogP contribution is 2.35. The van der Waals surface area contributed by atoms with Crippen LogP contribution in [0.2, 0.25) is 5.02 Å². The van der Waals surface area contributed by atoms with E-state index in [1.165, 1.54) is 13.2 Å². The lowest BCUT2D eigenvalue weighted by Crippen LogP contribution is -2.44. The number of ether oxygens (including phenoxy) is 1. The van der Waals surface area contributed by atoms with E-state index in [-0.39, 0.29) is 29.1 Å². The van der Waals surface area contributed by atoms with Crippen molar-refractivity contribution in [3.05, 3.63) is 53.1 Å². The van der Waals surface area contributed by atoms with E-state index in [0.29, 0.717) is 10.8 Å². The molecule has 1 aliphatic carbocycles. The topological polar surface area (TPSA) is 66.9 Å². The lowest BCUT2D eigenvalue weighted by molar-refractivity contribution is -0.130. The van der Waals surface area contributed by atoms with E-state index in [9.17, 15) is 13.2 Å². The van der Waals surface area contributed by atoms with Crippen LogP contribution >= 0.6 is 11.6 Å². The number of halogens is 1. The fourth-order valence-electron chi connectivity index (χ4n) is 3.72. The van der Waals surface area contributed by atoms with Crippen LogP contribution in [0.3, 0.4) is 0 Å². The number of anilines is 1. The molecule has 0 spiro atoms. The third-order valence-electron chi connectivity index (χ3n) is 5.56. The van der Waals surface area contributed by atoms with E-state index in [2.05, 4.69) is 0 Å². The Morgan fingerprint density at radius 3 is 2.37 bits per heavy atom. The van der Waals surface area contributed by atoms with Gasteiger partial charge in [-0.25, -0.2) is 8.42 Å². The molecule has 0 atom stereocenters. The molecule has 0 N–H and O–H groups in total. The summed E-state index contributed by atoms with van der Waals surface area (Å²) >= 11 is 6.17. The van der Waals surface area contributed by atoms with E-state index < -0.39 is 10.0 Å². The van der Waals surface area contributed by atoms with Gasteiger partial charge >= 0.3 is 0 Å². The second-order valence-electron chi connectivity index (χ2n) is 7.58. The predicted molar refractivity (Wildman–Crippen MR) is 119 cm³/mol. The van der Waals surface area contributed by atoms with Crippen molar-refractivity contribution in [2.75, 3.05) is 25.0 Å². The van der Waals surface area contributed by atoms with Crippen LogP contribution in [0, 0.1) is 6.92 Å². The van der Waals surface area contributed by atoms with E-state index in [0.717, 1.165) is 35.6 Å². The standard InChI is InChI=1S/C22H27ClN2O4S/c1-16-8-11-19(12-9-16)30(27,28)25(20-14-17(23)10-13-21(20)29-3)15-22(26)24(2)18-6-4-5-7-18/h8-14,18H,4-7,15H2,1-3H3. The summed E-state index contributed by atoms with van der Waals surface area (Å²) < 4.78 is 33.6. The number of aryl methyl sites for hydroxylation is 1. The van der Waals surface area contributed by atoms with Crippen molar-refractivity contribution in [3.8, 4) is 5.75 Å². The fourth-order valence-corrected chi connectivity index (χ4v) is 5.31. The zero-order chi connectivity index (χ0) is 21.9. The van der Waals surface area contributed by atoms with Gasteiger partial charge in [-0.05, 0) is 50.1 Å². The molecule has 1 aliphatic rings. The minimum absolute atomic E-state index is 0.103. The molecule has 1 saturated carbocycles. The zero-order valence-corrected chi connectivity index (χ0v) is 19.0. The first-order valence-corrected chi connectivity index (χ1v) is 11.7. The van der Waals surface area contributed by atoms with Gasteiger partial charge < -0.3 is 9.64 Å². The van der Waals surface area contributed by atoms with Gasteiger partial charge in [0.25, 0.3) is 10.0 Å². The van der Waals surface area contributed by atoms with E-state index in [1.54, 1.807) is 48.3 Å². The molecule has 3 rings (SSSR count). The molecule has 162 valence electrons. The number of carbonyl (C=O) groups excluding carboxylic acids is 1. The van der Waals surface area contributed by atoms with Crippen LogP contribution < -0.4 is 9.04 Å². The van der Waals surface area contributed by atoms with Crippen molar-refractivity contribution < 1.29 is 17.9 Å². The van der Waals surface area contributed by atoms with Gasteiger partial charge in [0, 0.05) is 18.1 Å². The Labute approximate surface area is 183 Å². The van der Waals surface area contributed by atoms with Crippen LogP contribution in [0.1, 0.15) is 31.2 Å². The Morgan fingerprint density at radius 2 is 1.77 bits per heavy atom. The van der Waals surface area contributed by atoms with Crippen molar-refractivity contribution in [1.82, 2.24) is 4.90 Å². The molecular weight excluding hydrogens is 424 g/mol. The van der Waals surface area contributed by atoms with Crippen molar-refractivity contribution in [2.24, 2.45) is 0 Å². The molecule has 2 aromatic rings. The summed E-state index contributed by atoms with van der Waals surface area (Å²) in [7, 11) is -0.831. The summed E-state index contributed by atoms with van der Waals surface area (Å²) in [4.78, 5) is 14.8. The molecule has 0 aliphatic heterocycles. The fraction of sp³-hybridized carbons (Fsp3) is 0.409. The molecule has 1 fully saturated rings.